The summed E-state index contributed by atoms with van der Waals surface area (Å²) < 4.78 is 5.49. The third-order valence-corrected chi connectivity index (χ3v) is 6.17. The molecule has 3 fully saturated rings. The van der Waals surface area contributed by atoms with Crippen molar-refractivity contribution in [2.45, 2.75) is 42.9 Å². The van der Waals surface area contributed by atoms with Crippen molar-refractivity contribution in [3.8, 4) is 0 Å². The quantitative estimate of drug-likeness (QED) is 0.891. The highest BCUT2D eigenvalue weighted by Crippen LogP contribution is 2.50. The number of aliphatic hydroxyl groups excluding tert-OH is 1. The molecule has 2 heterocycles. The highest BCUT2D eigenvalue weighted by Gasteiger charge is 2.55. The van der Waals surface area contributed by atoms with E-state index in [1.165, 1.54) is 0 Å². The monoisotopic (exact) mass is 353 g/mol. The van der Waals surface area contributed by atoms with Crippen molar-refractivity contribution in [1.29, 1.82) is 0 Å². The van der Waals surface area contributed by atoms with E-state index in [1.807, 2.05) is 35.2 Å². The summed E-state index contributed by atoms with van der Waals surface area (Å²) in [5.74, 6) is 1.85. The minimum absolute atomic E-state index is 0.0218. The van der Waals surface area contributed by atoms with Crippen molar-refractivity contribution in [2.75, 3.05) is 19.7 Å². The molecular formula is C20H23N3O3. The number of nitrogens with zero attached hydrogens (tertiary/aromatic N) is 3. The predicted octanol–water partition coefficient (Wildman–Crippen LogP) is 2.21. The third kappa shape index (κ3) is 2.55. The van der Waals surface area contributed by atoms with Gasteiger partial charge >= 0.3 is 0 Å². The van der Waals surface area contributed by atoms with Crippen molar-refractivity contribution in [3.63, 3.8) is 0 Å². The maximum absolute atomic E-state index is 13.3. The maximum Gasteiger partial charge on any atom is 0.233 e. The second-order valence-corrected chi connectivity index (χ2v) is 7.97. The zero-order valence-corrected chi connectivity index (χ0v) is 14.7. The number of aromatic nitrogens is 2. The molecule has 1 amide bonds. The Morgan fingerprint density at radius 3 is 2.65 bits per heavy atom. The van der Waals surface area contributed by atoms with Crippen molar-refractivity contribution < 1.29 is 14.4 Å². The van der Waals surface area contributed by atoms with E-state index in [-0.39, 0.29) is 29.8 Å². The third-order valence-electron chi connectivity index (χ3n) is 6.17. The Morgan fingerprint density at radius 2 is 2.00 bits per heavy atom. The largest absolute Gasteiger partial charge is 0.396 e. The van der Waals surface area contributed by atoms with Gasteiger partial charge in [-0.2, -0.15) is 4.98 Å². The van der Waals surface area contributed by atoms with Crippen LogP contribution in [-0.4, -0.2) is 45.8 Å². The number of hydrogen-bond donors (Lipinski definition) is 1. The van der Waals surface area contributed by atoms with Gasteiger partial charge in [-0.3, -0.25) is 4.79 Å². The Balaban J connectivity index is 1.36. The summed E-state index contributed by atoms with van der Waals surface area (Å²) in [7, 11) is 0. The van der Waals surface area contributed by atoms with Crippen molar-refractivity contribution in [2.24, 2.45) is 5.92 Å². The smallest absolute Gasteiger partial charge is 0.233 e. The molecular weight excluding hydrogens is 330 g/mol. The normalized spacial score (nSPS) is 26.9. The SMILES string of the molecule is O=C(N1C[C@@H](CO)[C@H](c2nc(C3CC3)no2)C1)C1(c2ccccc2)CC1. The average Bonchev–Trinajstić information content (AvgIpc) is 3.60. The molecule has 136 valence electrons. The van der Waals surface area contributed by atoms with Gasteiger partial charge < -0.3 is 14.5 Å². The molecule has 6 heteroatoms. The average molecular weight is 353 g/mol. The van der Waals surface area contributed by atoms with E-state index in [2.05, 4.69) is 10.1 Å². The molecule has 0 spiro atoms. The fraction of sp³-hybridized carbons (Fsp3) is 0.550. The van der Waals surface area contributed by atoms with Gasteiger partial charge in [-0.25, -0.2) is 0 Å². The molecule has 2 aromatic rings. The lowest BCUT2D eigenvalue weighted by atomic mass is 9.94. The van der Waals surface area contributed by atoms with Crippen LogP contribution in [0.1, 0.15) is 54.8 Å². The van der Waals surface area contributed by atoms with Gasteiger partial charge in [0, 0.05) is 31.5 Å². The molecule has 26 heavy (non-hydrogen) atoms. The van der Waals surface area contributed by atoms with Crippen LogP contribution in [0.5, 0.6) is 0 Å². The summed E-state index contributed by atoms with van der Waals surface area (Å²) >= 11 is 0. The lowest BCUT2D eigenvalue weighted by Gasteiger charge is -2.23. The first kappa shape index (κ1) is 16.0. The van der Waals surface area contributed by atoms with Gasteiger partial charge in [-0.05, 0) is 31.2 Å². The predicted molar refractivity (Wildman–Crippen MR) is 93.5 cm³/mol. The minimum Gasteiger partial charge on any atom is -0.396 e. The number of amides is 1. The Morgan fingerprint density at radius 1 is 1.23 bits per heavy atom. The molecule has 2 atom stereocenters. The van der Waals surface area contributed by atoms with Gasteiger partial charge in [0.1, 0.15) is 0 Å². The highest BCUT2D eigenvalue weighted by molar-refractivity contribution is 5.91. The van der Waals surface area contributed by atoms with Crippen molar-refractivity contribution >= 4 is 5.91 Å². The van der Waals surface area contributed by atoms with E-state index in [0.29, 0.717) is 24.9 Å². The van der Waals surface area contributed by atoms with Crippen LogP contribution in [-0.2, 0) is 10.2 Å². The fourth-order valence-corrected chi connectivity index (χ4v) is 4.22. The number of rotatable bonds is 5. The molecule has 0 radical (unpaired) electrons. The Hall–Kier alpha value is -2.21. The number of aliphatic hydroxyl groups is 1. The summed E-state index contributed by atoms with van der Waals surface area (Å²) in [5.41, 5.74) is 0.729. The second kappa shape index (κ2) is 5.91. The topological polar surface area (TPSA) is 79.5 Å². The summed E-state index contributed by atoms with van der Waals surface area (Å²) in [6, 6.07) is 10.0. The molecule has 2 saturated carbocycles. The first-order chi connectivity index (χ1) is 12.7. The Bertz CT molecular complexity index is 811. The number of hydrogen-bond acceptors (Lipinski definition) is 5. The van der Waals surface area contributed by atoms with Crippen LogP contribution in [0.15, 0.2) is 34.9 Å². The summed E-state index contributed by atoms with van der Waals surface area (Å²) in [5, 5.41) is 13.9. The van der Waals surface area contributed by atoms with E-state index in [9.17, 15) is 9.90 Å². The van der Waals surface area contributed by atoms with Gasteiger partial charge in [-0.15, -0.1) is 0 Å². The van der Waals surface area contributed by atoms with Crippen LogP contribution < -0.4 is 0 Å². The lowest BCUT2D eigenvalue weighted by Crippen LogP contribution is -2.38. The second-order valence-electron chi connectivity index (χ2n) is 7.97. The van der Waals surface area contributed by atoms with Gasteiger partial charge in [-0.1, -0.05) is 35.5 Å². The van der Waals surface area contributed by atoms with E-state index >= 15 is 0 Å². The molecule has 1 N–H and O–H groups in total. The molecule has 1 aliphatic heterocycles. The van der Waals surface area contributed by atoms with Crippen LogP contribution in [0.3, 0.4) is 0 Å². The minimum atomic E-state index is -0.371. The van der Waals surface area contributed by atoms with Gasteiger partial charge in [0.25, 0.3) is 0 Å². The number of carbonyl (C=O) groups is 1. The zero-order chi connectivity index (χ0) is 17.7. The Labute approximate surface area is 152 Å². The van der Waals surface area contributed by atoms with Gasteiger partial charge in [0.15, 0.2) is 5.82 Å². The molecule has 0 unspecified atom stereocenters. The van der Waals surface area contributed by atoms with E-state index in [0.717, 1.165) is 37.1 Å². The zero-order valence-electron chi connectivity index (χ0n) is 14.7. The fourth-order valence-electron chi connectivity index (χ4n) is 4.22. The molecule has 6 nitrogen and oxygen atoms in total. The first-order valence-corrected chi connectivity index (χ1v) is 9.50. The molecule has 5 rings (SSSR count). The number of benzene rings is 1. The van der Waals surface area contributed by atoms with Crippen molar-refractivity contribution in [1.82, 2.24) is 15.0 Å². The summed E-state index contributed by atoms with van der Waals surface area (Å²) in [6.07, 6.45) is 4.04. The standard InChI is InChI=1S/C20H23N3O3/c24-12-14-10-23(11-16(14)18-21-17(22-26-18)13-6-7-13)19(25)20(8-9-20)15-4-2-1-3-5-15/h1-5,13-14,16,24H,6-12H2/t14-,16+/m0/s1. The summed E-state index contributed by atoms with van der Waals surface area (Å²) in [4.78, 5) is 19.7. The molecule has 2 aliphatic carbocycles. The number of carbonyl (C=O) groups excluding carboxylic acids is 1. The highest BCUT2D eigenvalue weighted by atomic mass is 16.5. The molecule has 0 bridgehead atoms. The molecule has 1 aromatic heterocycles. The maximum atomic E-state index is 13.3. The van der Waals surface area contributed by atoms with E-state index in [1.54, 1.807) is 0 Å². The van der Waals surface area contributed by atoms with E-state index < -0.39 is 0 Å². The van der Waals surface area contributed by atoms with Gasteiger partial charge in [0.2, 0.25) is 11.8 Å². The first-order valence-electron chi connectivity index (χ1n) is 9.50. The van der Waals surface area contributed by atoms with Crippen LogP contribution >= 0.6 is 0 Å². The van der Waals surface area contributed by atoms with E-state index in [4.69, 9.17) is 4.52 Å². The molecule has 1 saturated heterocycles. The van der Waals surface area contributed by atoms with Crippen molar-refractivity contribution in [3.05, 3.63) is 47.6 Å². The van der Waals surface area contributed by atoms with Crippen LogP contribution in [0, 0.1) is 5.92 Å². The van der Waals surface area contributed by atoms with Crippen LogP contribution in [0.2, 0.25) is 0 Å². The molecule has 1 aromatic carbocycles. The summed E-state index contributed by atoms with van der Waals surface area (Å²) in [6.45, 7) is 1.12. The lowest BCUT2D eigenvalue weighted by molar-refractivity contribution is -0.133. The van der Waals surface area contributed by atoms with Gasteiger partial charge in [0.05, 0.1) is 11.3 Å². The van der Waals surface area contributed by atoms with Crippen LogP contribution in [0.4, 0.5) is 0 Å². The Kier molecular flexibility index (Phi) is 3.64. The van der Waals surface area contributed by atoms with Crippen LogP contribution in [0.25, 0.3) is 0 Å². The molecule has 3 aliphatic rings. The number of likely N-dealkylation sites (tertiary alicyclic amines) is 1.